The van der Waals surface area contributed by atoms with Gasteiger partial charge in [-0.2, -0.15) is 0 Å². The fourth-order valence-corrected chi connectivity index (χ4v) is 1.96. The number of aromatic nitrogens is 2. The van der Waals surface area contributed by atoms with Crippen LogP contribution in [0.15, 0.2) is 30.6 Å². The molecule has 0 aliphatic carbocycles. The maximum atomic E-state index is 12.2. The molecule has 1 heterocycles. The minimum Gasteiger partial charge on any atom is -0.350 e. The van der Waals surface area contributed by atoms with Gasteiger partial charge < -0.3 is 10.6 Å². The zero-order valence-corrected chi connectivity index (χ0v) is 13.8. The zero-order chi connectivity index (χ0) is 16.3. The first-order valence-corrected chi connectivity index (χ1v) is 7.31. The number of rotatable bonds is 3. The SMILES string of the molecule is Cc1c(Cl)cccc1NC(=O)c1cnc(NC(C)(C)C)nc1. The second-order valence-corrected chi connectivity index (χ2v) is 6.44. The summed E-state index contributed by atoms with van der Waals surface area (Å²) in [5.74, 6) is 0.218. The van der Waals surface area contributed by atoms with Crippen molar-refractivity contribution in [1.82, 2.24) is 9.97 Å². The predicted molar refractivity (Wildman–Crippen MR) is 89.5 cm³/mol. The molecular weight excluding hydrogens is 300 g/mol. The van der Waals surface area contributed by atoms with E-state index in [1.807, 2.05) is 27.7 Å². The summed E-state index contributed by atoms with van der Waals surface area (Å²) in [4.78, 5) is 20.5. The Labute approximate surface area is 135 Å². The summed E-state index contributed by atoms with van der Waals surface area (Å²) in [6.45, 7) is 7.89. The second kappa shape index (κ2) is 6.32. The number of nitrogens with one attached hydrogen (secondary N) is 2. The highest BCUT2D eigenvalue weighted by molar-refractivity contribution is 6.31. The first-order valence-electron chi connectivity index (χ1n) is 6.93. The molecule has 6 heteroatoms. The molecule has 0 aliphatic rings. The van der Waals surface area contributed by atoms with Crippen molar-refractivity contribution in [1.29, 1.82) is 0 Å². The minimum atomic E-state index is -0.271. The van der Waals surface area contributed by atoms with Crippen LogP contribution in [0.25, 0.3) is 0 Å². The number of hydrogen-bond acceptors (Lipinski definition) is 4. The van der Waals surface area contributed by atoms with Gasteiger partial charge >= 0.3 is 0 Å². The van der Waals surface area contributed by atoms with Gasteiger partial charge in [0.05, 0.1) is 5.56 Å². The predicted octanol–water partition coefficient (Wildman–Crippen LogP) is 3.90. The van der Waals surface area contributed by atoms with E-state index in [2.05, 4.69) is 20.6 Å². The molecule has 0 atom stereocenters. The molecule has 0 saturated carbocycles. The molecule has 5 nitrogen and oxygen atoms in total. The number of carbonyl (C=O) groups is 1. The number of halogens is 1. The molecule has 1 amide bonds. The van der Waals surface area contributed by atoms with Crippen molar-refractivity contribution in [2.45, 2.75) is 33.2 Å². The van der Waals surface area contributed by atoms with Gasteiger partial charge in [0.25, 0.3) is 5.91 Å². The number of amides is 1. The fourth-order valence-electron chi connectivity index (χ4n) is 1.78. The second-order valence-electron chi connectivity index (χ2n) is 6.04. The normalized spacial score (nSPS) is 11.1. The van der Waals surface area contributed by atoms with Gasteiger partial charge in [-0.25, -0.2) is 9.97 Å². The largest absolute Gasteiger partial charge is 0.350 e. The number of nitrogens with zero attached hydrogens (tertiary/aromatic N) is 2. The van der Waals surface area contributed by atoms with Gasteiger partial charge in [-0.05, 0) is 45.4 Å². The first kappa shape index (κ1) is 16.2. The van der Waals surface area contributed by atoms with Crippen LogP contribution in [0.5, 0.6) is 0 Å². The van der Waals surface area contributed by atoms with E-state index < -0.39 is 0 Å². The van der Waals surface area contributed by atoms with Crippen LogP contribution in [0.2, 0.25) is 5.02 Å². The molecule has 0 spiro atoms. The van der Waals surface area contributed by atoms with Crippen molar-refractivity contribution in [3.63, 3.8) is 0 Å². The van der Waals surface area contributed by atoms with Crippen LogP contribution in [0, 0.1) is 6.92 Å². The van der Waals surface area contributed by atoms with E-state index in [-0.39, 0.29) is 11.4 Å². The number of anilines is 2. The molecule has 1 aromatic carbocycles. The standard InChI is InChI=1S/C16H19ClN4O/c1-10-12(17)6-5-7-13(10)20-14(22)11-8-18-15(19-9-11)21-16(2,3)4/h5-9H,1-4H3,(H,20,22)(H,18,19,21). The zero-order valence-electron chi connectivity index (χ0n) is 13.1. The highest BCUT2D eigenvalue weighted by Gasteiger charge is 2.13. The lowest BCUT2D eigenvalue weighted by atomic mass is 10.1. The average Bonchev–Trinajstić information content (AvgIpc) is 2.43. The topological polar surface area (TPSA) is 66.9 Å². The van der Waals surface area contributed by atoms with Gasteiger partial charge in [0, 0.05) is 28.6 Å². The van der Waals surface area contributed by atoms with E-state index >= 15 is 0 Å². The number of hydrogen-bond donors (Lipinski definition) is 2. The molecular formula is C16H19ClN4O. The summed E-state index contributed by atoms with van der Waals surface area (Å²) in [5.41, 5.74) is 1.75. The monoisotopic (exact) mass is 318 g/mol. The van der Waals surface area contributed by atoms with E-state index in [0.717, 1.165) is 5.56 Å². The summed E-state index contributed by atoms with van der Waals surface area (Å²) in [6.07, 6.45) is 2.99. The van der Waals surface area contributed by atoms with Crippen LogP contribution >= 0.6 is 11.6 Å². The molecule has 0 aliphatic heterocycles. The molecule has 116 valence electrons. The van der Waals surface area contributed by atoms with Crippen LogP contribution in [0.4, 0.5) is 11.6 Å². The van der Waals surface area contributed by atoms with Crippen molar-refractivity contribution in [3.8, 4) is 0 Å². The molecule has 0 fully saturated rings. The van der Waals surface area contributed by atoms with Gasteiger partial charge in [-0.15, -0.1) is 0 Å². The van der Waals surface area contributed by atoms with Crippen molar-refractivity contribution >= 4 is 29.1 Å². The fraction of sp³-hybridized carbons (Fsp3) is 0.312. The molecule has 1 aromatic heterocycles. The van der Waals surface area contributed by atoms with Gasteiger partial charge in [-0.1, -0.05) is 17.7 Å². The summed E-state index contributed by atoms with van der Waals surface area (Å²) in [6, 6.07) is 5.37. The maximum absolute atomic E-state index is 12.2. The van der Waals surface area contributed by atoms with Gasteiger partial charge in [-0.3, -0.25) is 4.79 Å². The van der Waals surface area contributed by atoms with Crippen molar-refractivity contribution in [2.75, 3.05) is 10.6 Å². The van der Waals surface area contributed by atoms with Crippen LogP contribution in [0.1, 0.15) is 36.7 Å². The minimum absolute atomic E-state index is 0.137. The lowest BCUT2D eigenvalue weighted by Gasteiger charge is -2.20. The smallest absolute Gasteiger partial charge is 0.258 e. The summed E-state index contributed by atoms with van der Waals surface area (Å²) in [5, 5.41) is 6.56. The van der Waals surface area contributed by atoms with Gasteiger partial charge in [0.2, 0.25) is 5.95 Å². The Morgan fingerprint density at radius 2 is 1.82 bits per heavy atom. The molecule has 0 saturated heterocycles. The highest BCUT2D eigenvalue weighted by Crippen LogP contribution is 2.23. The Bertz CT molecular complexity index is 678. The van der Waals surface area contributed by atoms with Crippen LogP contribution in [0.3, 0.4) is 0 Å². The summed E-state index contributed by atoms with van der Waals surface area (Å²) in [7, 11) is 0. The summed E-state index contributed by atoms with van der Waals surface area (Å²) >= 11 is 6.04. The van der Waals surface area contributed by atoms with E-state index in [4.69, 9.17) is 11.6 Å². The molecule has 0 radical (unpaired) electrons. The van der Waals surface area contributed by atoms with Crippen molar-refractivity contribution in [2.24, 2.45) is 0 Å². The lowest BCUT2D eigenvalue weighted by molar-refractivity contribution is 0.102. The molecule has 0 unspecified atom stereocenters. The van der Waals surface area contributed by atoms with Crippen molar-refractivity contribution < 1.29 is 4.79 Å². The highest BCUT2D eigenvalue weighted by atomic mass is 35.5. The Morgan fingerprint density at radius 3 is 2.41 bits per heavy atom. The molecule has 2 aromatic rings. The number of carbonyl (C=O) groups excluding carboxylic acids is 1. The Balaban J connectivity index is 2.12. The Morgan fingerprint density at radius 1 is 1.18 bits per heavy atom. The molecule has 0 bridgehead atoms. The van der Waals surface area contributed by atoms with Gasteiger partial charge in [0.15, 0.2) is 0 Å². The molecule has 2 rings (SSSR count). The van der Waals surface area contributed by atoms with E-state index in [9.17, 15) is 4.79 Å². The van der Waals surface area contributed by atoms with Gasteiger partial charge in [0.1, 0.15) is 0 Å². The van der Waals surface area contributed by atoms with Crippen LogP contribution < -0.4 is 10.6 Å². The third-order valence-corrected chi connectivity index (χ3v) is 3.33. The van der Waals surface area contributed by atoms with Crippen LogP contribution in [-0.4, -0.2) is 21.4 Å². The Kier molecular flexibility index (Phi) is 4.66. The third-order valence-electron chi connectivity index (χ3n) is 2.92. The third kappa shape index (κ3) is 4.18. The van der Waals surface area contributed by atoms with Crippen molar-refractivity contribution in [3.05, 3.63) is 46.7 Å². The van der Waals surface area contributed by atoms with E-state index in [1.165, 1.54) is 12.4 Å². The average molecular weight is 319 g/mol. The van der Waals surface area contributed by atoms with E-state index in [1.54, 1.807) is 18.2 Å². The quantitative estimate of drug-likeness (QED) is 0.900. The number of benzene rings is 1. The first-order chi connectivity index (χ1) is 10.3. The molecule has 2 N–H and O–H groups in total. The summed E-state index contributed by atoms with van der Waals surface area (Å²) < 4.78 is 0. The van der Waals surface area contributed by atoms with E-state index in [0.29, 0.717) is 22.2 Å². The maximum Gasteiger partial charge on any atom is 0.258 e. The van der Waals surface area contributed by atoms with Crippen LogP contribution in [-0.2, 0) is 0 Å². The lowest BCUT2D eigenvalue weighted by Crippen LogP contribution is -2.27. The molecule has 22 heavy (non-hydrogen) atoms. The Hall–Kier alpha value is -2.14.